The van der Waals surface area contributed by atoms with Crippen LogP contribution in [-0.2, 0) is 11.8 Å². The van der Waals surface area contributed by atoms with Crippen LogP contribution in [0.25, 0.3) is 0 Å². The Labute approximate surface area is 172 Å². The van der Waals surface area contributed by atoms with Crippen molar-refractivity contribution in [3.05, 3.63) is 34.3 Å². The molecule has 1 fully saturated rings. The first-order valence-electron chi connectivity index (χ1n) is 9.58. The Bertz CT molecular complexity index is 992. The number of nitrogens with zero attached hydrogens (tertiary/aromatic N) is 4. The molecule has 3 rings (SSSR count). The molecule has 0 bridgehead atoms. The Balaban J connectivity index is 1.99. The van der Waals surface area contributed by atoms with Gasteiger partial charge in [0.05, 0.1) is 12.2 Å². The smallest absolute Gasteiger partial charge is 0.410 e. The van der Waals surface area contributed by atoms with Crippen molar-refractivity contribution in [2.45, 2.75) is 51.7 Å². The van der Waals surface area contributed by atoms with Crippen molar-refractivity contribution in [1.82, 2.24) is 19.6 Å². The maximum Gasteiger partial charge on any atom is 0.410 e. The van der Waals surface area contributed by atoms with Gasteiger partial charge in [0.1, 0.15) is 23.4 Å². The Hall–Kier alpha value is -3.37. The van der Waals surface area contributed by atoms with Gasteiger partial charge in [-0.3, -0.25) is 19.1 Å². The minimum absolute atomic E-state index is 0.193. The Morgan fingerprint density at radius 1 is 1.33 bits per heavy atom. The fraction of sp³-hybridized carbons (Fsp3) is 0.526. The molecule has 1 saturated heterocycles. The van der Waals surface area contributed by atoms with Crippen molar-refractivity contribution >= 4 is 17.7 Å². The molecule has 2 aromatic rings. The quantitative estimate of drug-likeness (QED) is 0.771. The molecule has 1 aliphatic heterocycles. The molecule has 0 radical (unpaired) electrons. The molecular formula is C19H25N5O6. The van der Waals surface area contributed by atoms with Gasteiger partial charge >= 0.3 is 6.09 Å². The van der Waals surface area contributed by atoms with Gasteiger partial charge in [-0.15, -0.1) is 0 Å². The summed E-state index contributed by atoms with van der Waals surface area (Å²) in [7, 11) is 1.44. The highest BCUT2D eigenvalue weighted by Crippen LogP contribution is 2.31. The Morgan fingerprint density at radius 3 is 2.70 bits per heavy atom. The van der Waals surface area contributed by atoms with Crippen LogP contribution >= 0.6 is 0 Å². The molecule has 1 aliphatic rings. The summed E-state index contributed by atoms with van der Waals surface area (Å²) in [6.07, 6.45) is 4.07. The zero-order valence-electron chi connectivity index (χ0n) is 17.3. The number of aromatic nitrogens is 3. The molecule has 30 heavy (non-hydrogen) atoms. The fourth-order valence-corrected chi connectivity index (χ4v) is 3.26. The van der Waals surface area contributed by atoms with E-state index in [1.807, 2.05) is 0 Å². The van der Waals surface area contributed by atoms with Crippen LogP contribution in [0.5, 0.6) is 5.75 Å². The fourth-order valence-electron chi connectivity index (χ4n) is 3.26. The van der Waals surface area contributed by atoms with Gasteiger partial charge in [0, 0.05) is 13.6 Å². The lowest BCUT2D eigenvalue weighted by Crippen LogP contribution is -2.44. The Kier molecular flexibility index (Phi) is 5.81. The topological polar surface area (TPSA) is 140 Å². The summed E-state index contributed by atoms with van der Waals surface area (Å²) in [6.45, 7) is 5.74. The second-order valence-corrected chi connectivity index (χ2v) is 8.08. The number of piperidine rings is 1. The van der Waals surface area contributed by atoms with Gasteiger partial charge in [-0.1, -0.05) is 5.16 Å². The number of anilines is 1. The highest BCUT2D eigenvalue weighted by Gasteiger charge is 2.35. The van der Waals surface area contributed by atoms with E-state index in [1.165, 1.54) is 24.4 Å². The SMILES string of the molecule is Cn1c(C2CCCCN2C(=O)OC(C)(C)C)nc(C(=O)Nc2cnoc2)c(O)c1=O. The van der Waals surface area contributed by atoms with E-state index in [9.17, 15) is 19.5 Å². The lowest BCUT2D eigenvalue weighted by molar-refractivity contribution is 0.00794. The van der Waals surface area contributed by atoms with Gasteiger partial charge in [-0.05, 0) is 40.0 Å². The van der Waals surface area contributed by atoms with Crippen LogP contribution in [0.4, 0.5) is 10.5 Å². The molecule has 1 unspecified atom stereocenters. The molecule has 11 nitrogen and oxygen atoms in total. The standard InChI is InChI=1S/C19H25N5O6/c1-19(2,3)30-18(28)24-8-6-5-7-12(24)15-22-13(14(25)17(27)23(15)4)16(26)21-11-9-20-29-10-11/h9-10,12,25H,5-8H2,1-4H3,(H,21,26). The van der Waals surface area contributed by atoms with E-state index < -0.39 is 40.6 Å². The number of ether oxygens (including phenoxy) is 1. The second kappa shape index (κ2) is 8.17. The average molecular weight is 419 g/mol. The average Bonchev–Trinajstić information content (AvgIpc) is 3.18. The largest absolute Gasteiger partial charge is 0.501 e. The van der Waals surface area contributed by atoms with Crippen LogP contribution in [0.1, 0.15) is 62.4 Å². The molecule has 3 heterocycles. The van der Waals surface area contributed by atoms with E-state index in [4.69, 9.17) is 4.74 Å². The third-order valence-electron chi connectivity index (χ3n) is 4.64. The first-order chi connectivity index (χ1) is 14.1. The lowest BCUT2D eigenvalue weighted by Gasteiger charge is -2.36. The molecule has 0 aliphatic carbocycles. The van der Waals surface area contributed by atoms with Crippen LogP contribution in [-0.4, -0.2) is 48.9 Å². The number of carbonyl (C=O) groups is 2. The highest BCUT2D eigenvalue weighted by atomic mass is 16.6. The summed E-state index contributed by atoms with van der Waals surface area (Å²) >= 11 is 0. The third kappa shape index (κ3) is 4.44. The van der Waals surface area contributed by atoms with Crippen LogP contribution in [0.3, 0.4) is 0 Å². The molecule has 2 amide bonds. The summed E-state index contributed by atoms with van der Waals surface area (Å²) in [5.41, 5.74) is -1.66. The van der Waals surface area contributed by atoms with Crippen LogP contribution in [0, 0.1) is 0 Å². The summed E-state index contributed by atoms with van der Waals surface area (Å²) in [4.78, 5) is 43.7. The first kappa shape index (κ1) is 21.3. The van der Waals surface area contributed by atoms with E-state index in [1.54, 1.807) is 20.8 Å². The predicted octanol–water partition coefficient (Wildman–Crippen LogP) is 2.19. The number of hydrogen-bond donors (Lipinski definition) is 2. The molecule has 162 valence electrons. The molecule has 0 saturated carbocycles. The zero-order chi connectivity index (χ0) is 22.1. The summed E-state index contributed by atoms with van der Waals surface area (Å²) in [6, 6.07) is -0.575. The molecule has 0 aromatic carbocycles. The number of carbonyl (C=O) groups excluding carboxylic acids is 2. The summed E-state index contributed by atoms with van der Waals surface area (Å²) < 4.78 is 11.3. The van der Waals surface area contributed by atoms with Gasteiger partial charge in [-0.25, -0.2) is 9.78 Å². The number of aromatic hydroxyl groups is 1. The Morgan fingerprint density at radius 2 is 2.07 bits per heavy atom. The minimum atomic E-state index is -0.797. The van der Waals surface area contributed by atoms with E-state index in [0.29, 0.717) is 13.0 Å². The van der Waals surface area contributed by atoms with Crippen molar-refractivity contribution in [3.63, 3.8) is 0 Å². The predicted molar refractivity (Wildman–Crippen MR) is 105 cm³/mol. The number of hydrogen-bond acceptors (Lipinski definition) is 8. The highest BCUT2D eigenvalue weighted by molar-refractivity contribution is 6.04. The number of amides is 2. The van der Waals surface area contributed by atoms with Crippen LogP contribution in [0.2, 0.25) is 0 Å². The van der Waals surface area contributed by atoms with E-state index >= 15 is 0 Å². The number of rotatable bonds is 3. The first-order valence-corrected chi connectivity index (χ1v) is 9.58. The zero-order valence-corrected chi connectivity index (χ0v) is 17.3. The van der Waals surface area contributed by atoms with Crippen molar-refractivity contribution < 1.29 is 24.0 Å². The molecule has 1 atom stereocenters. The van der Waals surface area contributed by atoms with Crippen molar-refractivity contribution in [1.29, 1.82) is 0 Å². The van der Waals surface area contributed by atoms with E-state index in [0.717, 1.165) is 17.4 Å². The molecule has 11 heteroatoms. The van der Waals surface area contributed by atoms with Crippen molar-refractivity contribution in [3.8, 4) is 5.75 Å². The van der Waals surface area contributed by atoms with Gasteiger partial charge in [0.15, 0.2) is 5.69 Å². The maximum atomic E-state index is 12.7. The second-order valence-electron chi connectivity index (χ2n) is 8.08. The van der Waals surface area contributed by atoms with Crippen molar-refractivity contribution in [2.24, 2.45) is 7.05 Å². The maximum absolute atomic E-state index is 12.7. The molecular weight excluding hydrogens is 394 g/mol. The lowest BCUT2D eigenvalue weighted by atomic mass is 10.0. The van der Waals surface area contributed by atoms with Crippen molar-refractivity contribution in [2.75, 3.05) is 11.9 Å². The number of nitrogens with one attached hydrogen (secondary N) is 1. The van der Waals surface area contributed by atoms with Gasteiger partial charge in [0.25, 0.3) is 11.5 Å². The summed E-state index contributed by atoms with van der Waals surface area (Å²) in [5, 5.41) is 16.2. The molecule has 0 spiro atoms. The van der Waals surface area contributed by atoms with E-state index in [-0.39, 0.29) is 11.5 Å². The summed E-state index contributed by atoms with van der Waals surface area (Å²) in [5.74, 6) is -1.39. The minimum Gasteiger partial charge on any atom is -0.501 e. The third-order valence-corrected chi connectivity index (χ3v) is 4.64. The monoisotopic (exact) mass is 419 g/mol. The van der Waals surface area contributed by atoms with Gasteiger partial charge in [0.2, 0.25) is 5.75 Å². The number of likely N-dealkylation sites (tertiary alicyclic amines) is 1. The molecule has 2 N–H and O–H groups in total. The van der Waals surface area contributed by atoms with Crippen LogP contribution < -0.4 is 10.9 Å². The van der Waals surface area contributed by atoms with Gasteiger partial charge in [-0.2, -0.15) is 0 Å². The normalized spacial score (nSPS) is 16.9. The van der Waals surface area contributed by atoms with E-state index in [2.05, 4.69) is 20.0 Å². The molecule has 2 aromatic heterocycles. The van der Waals surface area contributed by atoms with Gasteiger partial charge < -0.3 is 19.7 Å². The van der Waals surface area contributed by atoms with Crippen LogP contribution in [0.15, 0.2) is 21.8 Å².